The summed E-state index contributed by atoms with van der Waals surface area (Å²) in [7, 11) is 1.62. The summed E-state index contributed by atoms with van der Waals surface area (Å²) in [5, 5.41) is 11.5. The van der Waals surface area contributed by atoms with Crippen LogP contribution < -0.4 is 5.32 Å². The molecule has 0 aromatic carbocycles. The zero-order valence-corrected chi connectivity index (χ0v) is 10.7. The summed E-state index contributed by atoms with van der Waals surface area (Å²) in [6.45, 7) is 3.70. The van der Waals surface area contributed by atoms with E-state index >= 15 is 0 Å². The fourth-order valence-electron chi connectivity index (χ4n) is 1.30. The van der Waals surface area contributed by atoms with Crippen LogP contribution in [0.15, 0.2) is 12.5 Å². The third-order valence-corrected chi connectivity index (χ3v) is 2.67. The molecule has 1 aromatic rings. The highest BCUT2D eigenvalue weighted by atomic mass is 16.4. The van der Waals surface area contributed by atoms with Crippen LogP contribution in [0.5, 0.6) is 0 Å². The normalized spacial score (nSPS) is 12.2. The van der Waals surface area contributed by atoms with Crippen molar-refractivity contribution in [1.82, 2.24) is 20.2 Å². The number of carbonyl (C=O) groups excluding carboxylic acids is 1. The van der Waals surface area contributed by atoms with Crippen LogP contribution in [-0.4, -0.2) is 51.1 Å². The number of hydrogen-bond acceptors (Lipinski definition) is 3. The van der Waals surface area contributed by atoms with Crippen molar-refractivity contribution >= 4 is 12.0 Å². The van der Waals surface area contributed by atoms with Gasteiger partial charge in [0.15, 0.2) is 0 Å². The van der Waals surface area contributed by atoms with Crippen molar-refractivity contribution in [3.8, 4) is 0 Å². The van der Waals surface area contributed by atoms with Crippen molar-refractivity contribution in [2.24, 2.45) is 0 Å². The first-order valence-electron chi connectivity index (χ1n) is 5.65. The van der Waals surface area contributed by atoms with Crippen LogP contribution in [-0.2, 0) is 11.2 Å². The van der Waals surface area contributed by atoms with E-state index in [1.165, 1.54) is 17.4 Å². The minimum Gasteiger partial charge on any atom is -0.480 e. The highest BCUT2D eigenvalue weighted by Crippen LogP contribution is 2.01. The highest BCUT2D eigenvalue weighted by molar-refractivity contribution is 5.82. The lowest BCUT2D eigenvalue weighted by molar-refractivity contribution is -0.139. The standard InChI is InChI=1S/C11H18N4O3/c1-7(2)15(3)11(18)14-9(10(16)17)4-8-5-12-6-13-8/h5-7,9H,4H2,1-3H3,(H,12,13)(H,14,18)(H,16,17)/t9-/m0/s1. The van der Waals surface area contributed by atoms with Crippen molar-refractivity contribution in [3.63, 3.8) is 0 Å². The lowest BCUT2D eigenvalue weighted by Crippen LogP contribution is -2.49. The first-order valence-corrected chi connectivity index (χ1v) is 5.65. The molecule has 1 atom stereocenters. The molecule has 0 aliphatic heterocycles. The fourth-order valence-corrected chi connectivity index (χ4v) is 1.30. The molecule has 18 heavy (non-hydrogen) atoms. The molecule has 7 heteroatoms. The number of aromatic amines is 1. The van der Waals surface area contributed by atoms with Crippen molar-refractivity contribution in [1.29, 1.82) is 0 Å². The van der Waals surface area contributed by atoms with Gasteiger partial charge in [-0.25, -0.2) is 14.6 Å². The molecule has 0 radical (unpaired) electrons. The predicted octanol–water partition coefficient (Wildman–Crippen LogP) is 0.455. The van der Waals surface area contributed by atoms with Crippen LogP contribution >= 0.6 is 0 Å². The summed E-state index contributed by atoms with van der Waals surface area (Å²) in [6, 6.07) is -1.37. The van der Waals surface area contributed by atoms with E-state index in [0.717, 1.165) is 0 Å². The van der Waals surface area contributed by atoms with Gasteiger partial charge in [0, 0.05) is 31.4 Å². The Hall–Kier alpha value is -2.05. The Morgan fingerprint density at radius 2 is 2.22 bits per heavy atom. The Labute approximate surface area is 105 Å². The van der Waals surface area contributed by atoms with E-state index in [1.807, 2.05) is 13.8 Å². The molecule has 0 unspecified atom stereocenters. The molecule has 0 aliphatic rings. The second-order valence-corrected chi connectivity index (χ2v) is 4.33. The Morgan fingerprint density at radius 3 is 2.67 bits per heavy atom. The maximum atomic E-state index is 11.8. The van der Waals surface area contributed by atoms with Crippen molar-refractivity contribution in [2.75, 3.05) is 7.05 Å². The number of amides is 2. The van der Waals surface area contributed by atoms with Gasteiger partial charge in [0.1, 0.15) is 6.04 Å². The predicted molar refractivity (Wildman–Crippen MR) is 65.1 cm³/mol. The highest BCUT2D eigenvalue weighted by Gasteiger charge is 2.23. The van der Waals surface area contributed by atoms with Crippen LogP contribution in [0.4, 0.5) is 4.79 Å². The van der Waals surface area contributed by atoms with E-state index in [-0.39, 0.29) is 12.5 Å². The smallest absolute Gasteiger partial charge is 0.326 e. The maximum absolute atomic E-state index is 11.8. The average molecular weight is 254 g/mol. The number of H-pyrrole nitrogens is 1. The number of imidazole rings is 1. The molecular weight excluding hydrogens is 236 g/mol. The van der Waals surface area contributed by atoms with Gasteiger partial charge < -0.3 is 20.3 Å². The fraction of sp³-hybridized carbons (Fsp3) is 0.545. The SMILES string of the molecule is CC(C)N(C)C(=O)N[C@@H](Cc1cnc[nH]1)C(=O)O. The van der Waals surface area contributed by atoms with Gasteiger partial charge in [0.2, 0.25) is 0 Å². The van der Waals surface area contributed by atoms with Crippen LogP contribution in [0.25, 0.3) is 0 Å². The number of nitrogens with one attached hydrogen (secondary N) is 2. The molecule has 2 amide bonds. The van der Waals surface area contributed by atoms with E-state index in [1.54, 1.807) is 7.05 Å². The van der Waals surface area contributed by atoms with Crippen LogP contribution in [0.1, 0.15) is 19.5 Å². The third kappa shape index (κ3) is 3.76. The Kier molecular flexibility index (Phi) is 4.70. The molecule has 0 spiro atoms. The molecule has 0 bridgehead atoms. The van der Waals surface area contributed by atoms with E-state index in [4.69, 9.17) is 5.11 Å². The lowest BCUT2D eigenvalue weighted by atomic mass is 10.1. The number of aliphatic carboxylic acids is 1. The van der Waals surface area contributed by atoms with Gasteiger partial charge in [0.25, 0.3) is 0 Å². The Morgan fingerprint density at radius 1 is 1.56 bits per heavy atom. The van der Waals surface area contributed by atoms with Gasteiger partial charge in [-0.15, -0.1) is 0 Å². The van der Waals surface area contributed by atoms with Crippen LogP contribution in [0, 0.1) is 0 Å². The topological polar surface area (TPSA) is 98.3 Å². The third-order valence-electron chi connectivity index (χ3n) is 2.67. The lowest BCUT2D eigenvalue weighted by Gasteiger charge is -2.24. The van der Waals surface area contributed by atoms with E-state index in [0.29, 0.717) is 5.69 Å². The number of aromatic nitrogens is 2. The monoisotopic (exact) mass is 254 g/mol. The number of nitrogens with zero attached hydrogens (tertiary/aromatic N) is 2. The number of hydrogen-bond donors (Lipinski definition) is 3. The molecule has 1 aromatic heterocycles. The number of carboxylic acids is 1. The zero-order valence-electron chi connectivity index (χ0n) is 10.7. The largest absolute Gasteiger partial charge is 0.480 e. The van der Waals surface area contributed by atoms with Crippen molar-refractivity contribution in [3.05, 3.63) is 18.2 Å². The number of carbonyl (C=O) groups is 2. The second kappa shape index (κ2) is 6.04. The van der Waals surface area contributed by atoms with E-state index in [2.05, 4.69) is 15.3 Å². The maximum Gasteiger partial charge on any atom is 0.326 e. The van der Waals surface area contributed by atoms with Gasteiger partial charge in [-0.3, -0.25) is 0 Å². The van der Waals surface area contributed by atoms with E-state index in [9.17, 15) is 9.59 Å². The number of rotatable bonds is 5. The summed E-state index contributed by atoms with van der Waals surface area (Å²) >= 11 is 0. The summed E-state index contributed by atoms with van der Waals surface area (Å²) in [5.41, 5.74) is 0.662. The van der Waals surface area contributed by atoms with Gasteiger partial charge in [-0.2, -0.15) is 0 Å². The number of carboxylic acid groups (broad SMARTS) is 1. The van der Waals surface area contributed by atoms with Gasteiger partial charge in [0.05, 0.1) is 6.33 Å². The van der Waals surface area contributed by atoms with Crippen molar-refractivity contribution in [2.45, 2.75) is 32.4 Å². The summed E-state index contributed by atoms with van der Waals surface area (Å²) in [6.07, 6.45) is 3.18. The molecule has 1 heterocycles. The van der Waals surface area contributed by atoms with Crippen LogP contribution in [0.3, 0.4) is 0 Å². The first-order chi connectivity index (χ1) is 8.41. The van der Waals surface area contributed by atoms with Crippen molar-refractivity contribution < 1.29 is 14.7 Å². The number of urea groups is 1. The van der Waals surface area contributed by atoms with E-state index < -0.39 is 18.0 Å². The van der Waals surface area contributed by atoms with Gasteiger partial charge in [-0.1, -0.05) is 0 Å². The molecule has 7 nitrogen and oxygen atoms in total. The first kappa shape index (κ1) is 14.0. The van der Waals surface area contributed by atoms with Crippen LogP contribution in [0.2, 0.25) is 0 Å². The molecule has 3 N–H and O–H groups in total. The quantitative estimate of drug-likeness (QED) is 0.710. The Balaban J connectivity index is 2.64. The molecule has 0 saturated carbocycles. The molecule has 0 saturated heterocycles. The van der Waals surface area contributed by atoms with Gasteiger partial charge >= 0.3 is 12.0 Å². The molecule has 100 valence electrons. The van der Waals surface area contributed by atoms with Gasteiger partial charge in [-0.05, 0) is 13.8 Å². The molecule has 0 fully saturated rings. The average Bonchev–Trinajstić information content (AvgIpc) is 2.79. The second-order valence-electron chi connectivity index (χ2n) is 4.33. The summed E-state index contributed by atoms with van der Waals surface area (Å²) in [5.74, 6) is -1.07. The summed E-state index contributed by atoms with van der Waals surface area (Å²) in [4.78, 5) is 30.9. The molecule has 1 rings (SSSR count). The zero-order chi connectivity index (χ0) is 13.7. The Bertz CT molecular complexity index is 402. The molecule has 0 aliphatic carbocycles. The minimum atomic E-state index is -1.07. The molecular formula is C11H18N4O3. The minimum absolute atomic E-state index is 0.00611. The summed E-state index contributed by atoms with van der Waals surface area (Å²) < 4.78 is 0.